The molecule has 0 radical (unpaired) electrons. The van der Waals surface area contributed by atoms with Gasteiger partial charge in [-0.15, -0.1) is 0 Å². The first-order valence-corrected chi connectivity index (χ1v) is 5.77. The van der Waals surface area contributed by atoms with E-state index >= 15 is 0 Å². The fraction of sp³-hybridized carbons (Fsp3) is 0.500. The Labute approximate surface area is 88.6 Å². The number of nitrogens with one attached hydrogen (secondary N) is 1. The van der Waals surface area contributed by atoms with E-state index in [0.717, 1.165) is 4.31 Å². The molecule has 0 aromatic carbocycles. The molecule has 0 fully saturated rings. The third-order valence-corrected chi connectivity index (χ3v) is 4.03. The smallest absolute Gasteiger partial charge is 0.260 e. The van der Waals surface area contributed by atoms with Crippen LogP contribution in [0.3, 0.4) is 0 Å². The van der Waals surface area contributed by atoms with Crippen molar-refractivity contribution in [3.63, 3.8) is 0 Å². The summed E-state index contributed by atoms with van der Waals surface area (Å²) in [5.41, 5.74) is 0. The van der Waals surface area contributed by atoms with Crippen LogP contribution in [0.15, 0.2) is 17.6 Å². The van der Waals surface area contributed by atoms with Crippen molar-refractivity contribution >= 4 is 10.0 Å². The summed E-state index contributed by atoms with van der Waals surface area (Å²) in [4.78, 5) is 6.18. The minimum absolute atomic E-state index is 0.0368. The molecule has 0 aliphatic carbocycles. The molecule has 0 spiro atoms. The van der Waals surface area contributed by atoms with Crippen molar-refractivity contribution in [2.75, 3.05) is 7.05 Å². The second kappa shape index (κ2) is 4.42. The molecule has 0 bridgehead atoms. The van der Waals surface area contributed by atoms with Gasteiger partial charge in [-0.3, -0.25) is 0 Å². The molecule has 7 heteroatoms. The van der Waals surface area contributed by atoms with Crippen LogP contribution in [0.4, 0.5) is 0 Å². The SMILES string of the molecule is CC(CC#N)N(C)S(=O)(=O)c1cnc[nH]1. The molecule has 0 aliphatic rings. The van der Waals surface area contributed by atoms with E-state index in [1.807, 2.05) is 6.07 Å². The van der Waals surface area contributed by atoms with Crippen molar-refractivity contribution in [1.29, 1.82) is 5.26 Å². The first-order chi connectivity index (χ1) is 7.00. The van der Waals surface area contributed by atoms with Crippen LogP contribution >= 0.6 is 0 Å². The number of hydrogen-bond acceptors (Lipinski definition) is 4. The van der Waals surface area contributed by atoms with Crippen LogP contribution in [-0.4, -0.2) is 35.8 Å². The molecule has 15 heavy (non-hydrogen) atoms. The lowest BCUT2D eigenvalue weighted by Gasteiger charge is -2.21. The van der Waals surface area contributed by atoms with Crippen molar-refractivity contribution in [2.24, 2.45) is 0 Å². The Balaban J connectivity index is 2.94. The van der Waals surface area contributed by atoms with E-state index < -0.39 is 10.0 Å². The molecule has 0 amide bonds. The highest BCUT2D eigenvalue weighted by atomic mass is 32.2. The van der Waals surface area contributed by atoms with E-state index in [9.17, 15) is 8.42 Å². The molecular weight excluding hydrogens is 216 g/mol. The molecule has 1 heterocycles. The summed E-state index contributed by atoms with van der Waals surface area (Å²) < 4.78 is 24.9. The second-order valence-electron chi connectivity index (χ2n) is 3.15. The van der Waals surface area contributed by atoms with E-state index in [4.69, 9.17) is 5.26 Å². The monoisotopic (exact) mass is 228 g/mol. The third-order valence-electron chi connectivity index (χ3n) is 2.14. The number of imidazole rings is 1. The van der Waals surface area contributed by atoms with Crippen molar-refractivity contribution in [2.45, 2.75) is 24.4 Å². The van der Waals surface area contributed by atoms with Crippen LogP contribution in [0.5, 0.6) is 0 Å². The number of H-pyrrole nitrogens is 1. The molecular formula is C8H12N4O2S. The summed E-state index contributed by atoms with van der Waals surface area (Å²) >= 11 is 0. The van der Waals surface area contributed by atoms with E-state index in [1.165, 1.54) is 19.6 Å². The number of rotatable bonds is 4. The minimum atomic E-state index is -3.55. The lowest BCUT2D eigenvalue weighted by atomic mass is 10.3. The molecule has 1 unspecified atom stereocenters. The third kappa shape index (κ3) is 2.34. The quantitative estimate of drug-likeness (QED) is 0.804. The Bertz CT molecular complexity index is 445. The van der Waals surface area contributed by atoms with E-state index in [1.54, 1.807) is 6.92 Å². The number of aromatic amines is 1. The van der Waals surface area contributed by atoms with Crippen LogP contribution in [0, 0.1) is 11.3 Å². The highest BCUT2D eigenvalue weighted by molar-refractivity contribution is 7.89. The largest absolute Gasteiger partial charge is 0.335 e. The molecule has 0 saturated carbocycles. The van der Waals surface area contributed by atoms with Gasteiger partial charge >= 0.3 is 0 Å². The summed E-state index contributed by atoms with van der Waals surface area (Å²) in [6.45, 7) is 1.68. The zero-order chi connectivity index (χ0) is 11.5. The first-order valence-electron chi connectivity index (χ1n) is 4.33. The van der Waals surface area contributed by atoms with E-state index in [-0.39, 0.29) is 17.5 Å². The molecule has 6 nitrogen and oxygen atoms in total. The van der Waals surface area contributed by atoms with Gasteiger partial charge in [-0.25, -0.2) is 13.4 Å². The Morgan fingerprint density at radius 2 is 2.40 bits per heavy atom. The van der Waals surface area contributed by atoms with Crippen LogP contribution in [0.25, 0.3) is 0 Å². The van der Waals surface area contributed by atoms with Gasteiger partial charge in [-0.1, -0.05) is 0 Å². The highest BCUT2D eigenvalue weighted by Crippen LogP contribution is 2.14. The number of sulfonamides is 1. The second-order valence-corrected chi connectivity index (χ2v) is 5.11. The van der Waals surface area contributed by atoms with Gasteiger partial charge in [0.1, 0.15) is 0 Å². The Morgan fingerprint density at radius 1 is 1.73 bits per heavy atom. The van der Waals surface area contributed by atoms with Gasteiger partial charge in [0.15, 0.2) is 5.03 Å². The Hall–Kier alpha value is -1.39. The van der Waals surface area contributed by atoms with Gasteiger partial charge in [0, 0.05) is 13.1 Å². The zero-order valence-corrected chi connectivity index (χ0v) is 9.32. The lowest BCUT2D eigenvalue weighted by Crippen LogP contribution is -2.35. The summed E-state index contributed by atoms with van der Waals surface area (Å²) in [7, 11) is -2.11. The average Bonchev–Trinajstić information content (AvgIpc) is 2.70. The molecule has 1 atom stereocenters. The number of aromatic nitrogens is 2. The minimum Gasteiger partial charge on any atom is -0.335 e. The predicted octanol–water partition coefficient (Wildman–Crippen LogP) is 0.332. The van der Waals surface area contributed by atoms with Crippen LogP contribution in [0.2, 0.25) is 0 Å². The van der Waals surface area contributed by atoms with Crippen molar-refractivity contribution < 1.29 is 8.42 Å². The van der Waals surface area contributed by atoms with E-state index in [0.29, 0.717) is 0 Å². The number of nitriles is 1. The topological polar surface area (TPSA) is 89.8 Å². The maximum absolute atomic E-state index is 11.9. The summed E-state index contributed by atoms with van der Waals surface area (Å²) in [5, 5.41) is 8.53. The van der Waals surface area contributed by atoms with Crippen LogP contribution in [0.1, 0.15) is 13.3 Å². The van der Waals surface area contributed by atoms with Gasteiger partial charge in [-0.05, 0) is 6.92 Å². The standard InChI is InChI=1S/C8H12N4O2S/c1-7(3-4-9)12(2)15(13,14)8-5-10-6-11-8/h5-7H,3H2,1-2H3,(H,10,11). The van der Waals surface area contributed by atoms with Crippen LogP contribution < -0.4 is 0 Å². The number of nitrogens with zero attached hydrogens (tertiary/aromatic N) is 3. The molecule has 1 aromatic rings. The molecule has 0 saturated heterocycles. The molecule has 1 rings (SSSR count). The van der Waals surface area contributed by atoms with Crippen molar-refractivity contribution in [3.8, 4) is 6.07 Å². The zero-order valence-electron chi connectivity index (χ0n) is 8.51. The summed E-state index contributed by atoms with van der Waals surface area (Å²) in [6.07, 6.45) is 2.70. The van der Waals surface area contributed by atoms with E-state index in [2.05, 4.69) is 9.97 Å². The lowest BCUT2D eigenvalue weighted by molar-refractivity contribution is 0.391. The van der Waals surface area contributed by atoms with Gasteiger partial charge < -0.3 is 4.98 Å². The van der Waals surface area contributed by atoms with Crippen LogP contribution in [-0.2, 0) is 10.0 Å². The fourth-order valence-corrected chi connectivity index (χ4v) is 2.29. The van der Waals surface area contributed by atoms with Crippen molar-refractivity contribution in [3.05, 3.63) is 12.5 Å². The Kier molecular flexibility index (Phi) is 3.44. The van der Waals surface area contributed by atoms with Gasteiger partial charge in [0.25, 0.3) is 10.0 Å². The number of hydrogen-bond donors (Lipinski definition) is 1. The predicted molar refractivity (Wildman–Crippen MR) is 53.2 cm³/mol. The maximum atomic E-state index is 11.9. The normalized spacial score (nSPS) is 13.7. The molecule has 1 N–H and O–H groups in total. The molecule has 82 valence electrons. The molecule has 1 aromatic heterocycles. The molecule has 0 aliphatic heterocycles. The highest BCUT2D eigenvalue weighted by Gasteiger charge is 2.26. The fourth-order valence-electron chi connectivity index (χ4n) is 1.04. The van der Waals surface area contributed by atoms with Gasteiger partial charge in [0.05, 0.1) is 25.0 Å². The van der Waals surface area contributed by atoms with Crippen molar-refractivity contribution in [1.82, 2.24) is 14.3 Å². The average molecular weight is 228 g/mol. The summed E-state index contributed by atoms with van der Waals surface area (Å²) in [6, 6.07) is 1.58. The first kappa shape index (κ1) is 11.7. The Morgan fingerprint density at radius 3 is 2.87 bits per heavy atom. The summed E-state index contributed by atoms with van der Waals surface area (Å²) in [5.74, 6) is 0. The maximum Gasteiger partial charge on any atom is 0.260 e. The van der Waals surface area contributed by atoms with Gasteiger partial charge in [0.2, 0.25) is 0 Å². The van der Waals surface area contributed by atoms with Gasteiger partial charge in [-0.2, -0.15) is 9.57 Å².